The molecule has 3 N–H and O–H groups in total. The molecule has 0 radical (unpaired) electrons. The Morgan fingerprint density at radius 1 is 1.38 bits per heavy atom. The number of aromatic nitrogens is 1. The molecule has 1 aromatic rings. The maximum atomic E-state index is 11.3. The summed E-state index contributed by atoms with van der Waals surface area (Å²) in [5.74, 6) is -1.26. The smallest absolute Gasteiger partial charge is 0.286 e. The molecule has 0 aromatic carbocycles. The number of hydrogen-bond acceptors (Lipinski definition) is 5. The number of nitrogens with zero attached hydrogens (tertiary/aromatic N) is 1. The van der Waals surface area contributed by atoms with Crippen LogP contribution in [-0.2, 0) is 10.1 Å². The van der Waals surface area contributed by atoms with Crippen LogP contribution in [0.2, 0.25) is 0 Å². The number of rotatable bonds is 4. The van der Waals surface area contributed by atoms with Crippen LogP contribution >= 0.6 is 0 Å². The Hall–Kier alpha value is -0.510. The number of amides is 1. The molecule has 0 aliphatic heterocycles. The summed E-state index contributed by atoms with van der Waals surface area (Å²) in [4.78, 5) is 15.0. The summed E-state index contributed by atoms with van der Waals surface area (Å²) < 4.78 is 28.9. The van der Waals surface area contributed by atoms with Gasteiger partial charge in [-0.25, -0.2) is 5.43 Å². The van der Waals surface area contributed by atoms with Crippen LogP contribution in [0.3, 0.4) is 0 Å². The number of hydrogen-bond donors (Lipinski definition) is 3. The number of hydrazine groups is 1. The molecule has 1 amide bonds. The fraction of sp³-hybridized carbons (Fsp3) is 0.143. The van der Waals surface area contributed by atoms with Crippen LogP contribution in [0.25, 0.3) is 0 Å². The topological polar surface area (TPSA) is 108 Å². The summed E-state index contributed by atoms with van der Waals surface area (Å²) in [6, 6.07) is 2.93. The predicted molar refractivity (Wildman–Crippen MR) is 51.3 cm³/mol. The van der Waals surface area contributed by atoms with Crippen LogP contribution in [0.15, 0.2) is 24.5 Å². The Morgan fingerprint density at radius 2 is 1.94 bits per heavy atom. The minimum absolute atomic E-state index is 0. The zero-order valence-electron chi connectivity index (χ0n) is 8.54. The Labute approximate surface area is 115 Å². The van der Waals surface area contributed by atoms with Gasteiger partial charge in [-0.2, -0.15) is 8.42 Å². The normalized spacial score (nSPS) is 10.3. The first kappa shape index (κ1) is 15.5. The van der Waals surface area contributed by atoms with E-state index in [0.29, 0.717) is 5.56 Å². The zero-order valence-corrected chi connectivity index (χ0v) is 11.4. The van der Waals surface area contributed by atoms with E-state index < -0.39 is 21.9 Å². The molecule has 1 rings (SSSR count). The van der Waals surface area contributed by atoms with E-state index in [9.17, 15) is 13.2 Å². The monoisotopic (exact) mass is 254 g/mol. The van der Waals surface area contributed by atoms with Crippen LogP contribution in [0.4, 0.5) is 0 Å². The van der Waals surface area contributed by atoms with E-state index in [1.54, 1.807) is 0 Å². The van der Waals surface area contributed by atoms with E-state index in [2.05, 4.69) is 15.8 Å². The van der Waals surface area contributed by atoms with Crippen LogP contribution in [0.1, 0.15) is 10.4 Å². The Kier molecular flexibility index (Phi) is 6.72. The van der Waals surface area contributed by atoms with E-state index in [-0.39, 0.29) is 29.6 Å². The maximum Gasteiger partial charge on any atom is 1.00 e. The predicted octanol–water partition coefficient (Wildman–Crippen LogP) is -3.83. The summed E-state index contributed by atoms with van der Waals surface area (Å²) >= 11 is 0. The van der Waals surface area contributed by atoms with Crippen molar-refractivity contribution < 1.29 is 47.3 Å². The molecule has 9 heteroatoms. The number of pyridine rings is 1. The van der Waals surface area contributed by atoms with Gasteiger partial charge in [0, 0.05) is 18.0 Å². The largest absolute Gasteiger partial charge is 1.00 e. The molecule has 0 saturated carbocycles. The van der Waals surface area contributed by atoms with Gasteiger partial charge in [0.25, 0.3) is 16.0 Å². The van der Waals surface area contributed by atoms with Crippen LogP contribution in [0.5, 0.6) is 0 Å². The number of carbonyl (C=O) groups excluding carboxylic acids is 1. The minimum atomic E-state index is -4.14. The molecule has 16 heavy (non-hydrogen) atoms. The maximum absolute atomic E-state index is 11.3. The van der Waals surface area contributed by atoms with Crippen molar-refractivity contribution in [1.29, 1.82) is 0 Å². The molecule has 0 spiro atoms. The summed E-state index contributed by atoms with van der Waals surface area (Å²) in [6.45, 7) is 0. The van der Waals surface area contributed by atoms with E-state index in [0.717, 1.165) is 0 Å². The van der Waals surface area contributed by atoms with Crippen molar-refractivity contribution in [2.75, 3.05) is 5.88 Å². The Bertz CT molecular complexity index is 436. The van der Waals surface area contributed by atoms with Crippen molar-refractivity contribution in [1.82, 2.24) is 15.8 Å². The van der Waals surface area contributed by atoms with E-state index in [1.807, 2.05) is 0 Å². The van der Waals surface area contributed by atoms with Gasteiger partial charge in [0.1, 0.15) is 5.88 Å². The van der Waals surface area contributed by atoms with Crippen LogP contribution in [-0.4, -0.2) is 29.7 Å². The minimum Gasteiger partial charge on any atom is -0.286 e. The third kappa shape index (κ3) is 6.16. The first-order valence-electron chi connectivity index (χ1n) is 3.87. The average Bonchev–Trinajstić information content (AvgIpc) is 2.17. The van der Waals surface area contributed by atoms with Gasteiger partial charge in [-0.05, 0) is 12.1 Å². The van der Waals surface area contributed by atoms with Gasteiger partial charge in [-0.1, -0.05) is 0 Å². The van der Waals surface area contributed by atoms with E-state index in [4.69, 9.17) is 4.55 Å². The van der Waals surface area contributed by atoms with Crippen LogP contribution in [0, 0.1) is 0 Å². The van der Waals surface area contributed by atoms with Gasteiger partial charge in [0.05, 0.1) is 0 Å². The molecule has 0 atom stereocenters. The molecule has 0 bridgehead atoms. The molecule has 0 unspecified atom stereocenters. The average molecular weight is 254 g/mol. The second-order valence-electron chi connectivity index (χ2n) is 2.59. The Balaban J connectivity index is 0.00000225. The molecular weight excluding hydrogens is 245 g/mol. The third-order valence-electron chi connectivity index (χ3n) is 1.40. The van der Waals surface area contributed by atoms with Crippen molar-refractivity contribution >= 4 is 16.0 Å². The van der Waals surface area contributed by atoms with Crippen molar-refractivity contribution in [3.63, 3.8) is 0 Å². The zero-order chi connectivity index (χ0) is 11.3. The molecule has 0 aliphatic rings. The quantitative estimate of drug-likeness (QED) is 0.288. The van der Waals surface area contributed by atoms with Gasteiger partial charge in [-0.15, -0.1) is 0 Å². The molecule has 0 fully saturated rings. The molecule has 7 nitrogen and oxygen atoms in total. The van der Waals surface area contributed by atoms with Gasteiger partial charge in [0.15, 0.2) is 0 Å². The number of carbonyl (C=O) groups is 1. The SMILES string of the molecule is O=C(NNCS(=O)(=O)O)c1ccncc1.[Na+]. The second kappa shape index (κ2) is 6.94. The summed E-state index contributed by atoms with van der Waals surface area (Å²) in [5.41, 5.74) is 4.49. The van der Waals surface area contributed by atoms with Crippen molar-refractivity contribution in [3.05, 3.63) is 30.1 Å². The summed E-state index contributed by atoms with van der Waals surface area (Å²) in [7, 11) is -4.14. The second-order valence-corrected chi connectivity index (χ2v) is 4.05. The molecule has 1 aromatic heterocycles. The first-order chi connectivity index (χ1) is 6.99. The van der Waals surface area contributed by atoms with Crippen molar-refractivity contribution in [2.45, 2.75) is 0 Å². The van der Waals surface area contributed by atoms with Gasteiger partial charge >= 0.3 is 29.6 Å². The summed E-state index contributed by atoms with van der Waals surface area (Å²) in [6.07, 6.45) is 2.86. The summed E-state index contributed by atoms with van der Waals surface area (Å²) in [5, 5.41) is 0. The first-order valence-corrected chi connectivity index (χ1v) is 5.48. The molecule has 0 aliphatic carbocycles. The van der Waals surface area contributed by atoms with Crippen molar-refractivity contribution in [3.8, 4) is 0 Å². The van der Waals surface area contributed by atoms with Gasteiger partial charge in [-0.3, -0.25) is 19.8 Å². The third-order valence-corrected chi connectivity index (χ3v) is 1.91. The standard InChI is InChI=1S/C7H9N3O4S.Na/c11-7(6-1-3-8-4-2-6)10-9-5-15(12,13)14;/h1-4,9H,5H2,(H,10,11)(H,12,13,14);/q;+1. The number of nitrogens with one attached hydrogen (secondary N) is 2. The van der Waals surface area contributed by atoms with E-state index >= 15 is 0 Å². The fourth-order valence-corrected chi connectivity index (χ4v) is 1.04. The van der Waals surface area contributed by atoms with E-state index in [1.165, 1.54) is 24.5 Å². The van der Waals surface area contributed by atoms with Crippen molar-refractivity contribution in [2.24, 2.45) is 0 Å². The van der Waals surface area contributed by atoms with Crippen LogP contribution < -0.4 is 40.4 Å². The van der Waals surface area contributed by atoms with Gasteiger partial charge in [0.2, 0.25) is 0 Å². The molecule has 82 valence electrons. The molecule has 0 saturated heterocycles. The Morgan fingerprint density at radius 3 is 2.44 bits per heavy atom. The molecular formula is C7H9N3NaO4S+. The fourth-order valence-electron chi connectivity index (χ4n) is 0.783. The molecule has 1 heterocycles. The van der Waals surface area contributed by atoms with Gasteiger partial charge < -0.3 is 0 Å².